The predicted octanol–water partition coefficient (Wildman–Crippen LogP) is -0.379. The predicted molar refractivity (Wildman–Crippen MR) is 67.1 cm³/mol. The van der Waals surface area contributed by atoms with Crippen LogP contribution in [-0.4, -0.2) is 19.5 Å². The van der Waals surface area contributed by atoms with Crippen LogP contribution in [0.3, 0.4) is 0 Å². The molecule has 2 N–H and O–H groups in total. The highest BCUT2D eigenvalue weighted by Crippen LogP contribution is 2.15. The van der Waals surface area contributed by atoms with Gasteiger partial charge in [0.15, 0.2) is 0 Å². The van der Waals surface area contributed by atoms with Crippen LogP contribution in [-0.2, 0) is 20.9 Å². The van der Waals surface area contributed by atoms with Gasteiger partial charge in [-0.15, -0.1) is 0 Å². The first kappa shape index (κ1) is 14.9. The van der Waals surface area contributed by atoms with Crippen molar-refractivity contribution in [1.82, 2.24) is 5.16 Å². The number of benzene rings is 1. The lowest BCUT2D eigenvalue weighted by atomic mass is 10.2. The lowest BCUT2D eigenvalue weighted by Gasteiger charge is -2.03. The second-order valence-corrected chi connectivity index (χ2v) is 5.73. The Labute approximate surface area is 119 Å². The fraction of sp³-hybridized carbons (Fsp3) is 0.182. The second kappa shape index (κ2) is 5.50. The molecule has 1 amide bonds. The average molecular weight is 313 g/mol. The van der Waals surface area contributed by atoms with E-state index in [0.717, 1.165) is 5.56 Å². The van der Waals surface area contributed by atoms with Gasteiger partial charge in [0.1, 0.15) is 6.61 Å². The normalized spacial score (nSPS) is 11.5. The van der Waals surface area contributed by atoms with Crippen molar-refractivity contribution in [2.45, 2.75) is 18.4 Å². The standard InChI is InChI=1S/C11H11N3O6S/c1-7-2-4-8(5-3-7)21(17,18)19-6-9-10(11(12)15)14(16)20-13-9/h2-5H,6H2,1H3,(H2,12,15). The molecule has 0 aliphatic carbocycles. The zero-order valence-corrected chi connectivity index (χ0v) is 11.7. The minimum atomic E-state index is -4.05. The molecule has 0 saturated heterocycles. The van der Waals surface area contributed by atoms with Crippen LogP contribution in [0.1, 0.15) is 21.7 Å². The molecule has 0 unspecified atom stereocenters. The molecule has 0 aliphatic rings. The minimum absolute atomic E-state index is 0.0628. The van der Waals surface area contributed by atoms with Crippen molar-refractivity contribution >= 4 is 16.0 Å². The Hall–Kier alpha value is -2.46. The molecular formula is C11H11N3O6S. The van der Waals surface area contributed by atoms with Gasteiger partial charge in [0, 0.05) is 5.16 Å². The minimum Gasteiger partial charge on any atom is -0.362 e. The Morgan fingerprint density at radius 1 is 1.43 bits per heavy atom. The fourth-order valence-electron chi connectivity index (χ4n) is 1.51. The van der Waals surface area contributed by atoms with Crippen LogP contribution in [0.4, 0.5) is 0 Å². The van der Waals surface area contributed by atoms with Crippen molar-refractivity contribution in [3.05, 3.63) is 46.4 Å². The first-order valence-corrected chi connectivity index (χ1v) is 7.06. The van der Waals surface area contributed by atoms with Crippen LogP contribution in [0.15, 0.2) is 33.8 Å². The average Bonchev–Trinajstić information content (AvgIpc) is 2.78. The largest absolute Gasteiger partial charge is 0.362 e. The van der Waals surface area contributed by atoms with Gasteiger partial charge in [-0.1, -0.05) is 17.7 Å². The molecule has 0 spiro atoms. The van der Waals surface area contributed by atoms with E-state index in [9.17, 15) is 18.4 Å². The van der Waals surface area contributed by atoms with Gasteiger partial charge in [0.25, 0.3) is 27.4 Å². The number of hydrogen-bond donors (Lipinski definition) is 1. The number of amides is 1. The molecule has 0 fully saturated rings. The number of aryl methyl sites for hydroxylation is 1. The Kier molecular flexibility index (Phi) is 3.91. The topological polar surface area (TPSA) is 139 Å². The summed E-state index contributed by atoms with van der Waals surface area (Å²) in [6, 6.07) is 5.95. The third-order valence-electron chi connectivity index (χ3n) is 2.57. The summed E-state index contributed by atoms with van der Waals surface area (Å²) in [6.07, 6.45) is 0. The van der Waals surface area contributed by atoms with E-state index in [0.29, 0.717) is 0 Å². The lowest BCUT2D eigenvalue weighted by molar-refractivity contribution is -0.803. The van der Waals surface area contributed by atoms with E-state index in [1.807, 2.05) is 0 Å². The number of primary amides is 1. The van der Waals surface area contributed by atoms with Crippen molar-refractivity contribution in [3.63, 3.8) is 0 Å². The molecule has 112 valence electrons. The van der Waals surface area contributed by atoms with Gasteiger partial charge in [-0.3, -0.25) is 13.6 Å². The smallest absolute Gasteiger partial charge is 0.297 e. The summed E-state index contributed by atoms with van der Waals surface area (Å²) < 4.78 is 32.8. The molecule has 21 heavy (non-hydrogen) atoms. The van der Waals surface area contributed by atoms with Crippen molar-refractivity contribution < 1.29 is 26.9 Å². The quantitative estimate of drug-likeness (QED) is 0.586. The molecule has 0 atom stereocenters. The highest BCUT2D eigenvalue weighted by atomic mass is 32.2. The van der Waals surface area contributed by atoms with Crippen molar-refractivity contribution in [3.8, 4) is 0 Å². The first-order valence-electron chi connectivity index (χ1n) is 5.66. The summed E-state index contributed by atoms with van der Waals surface area (Å²) in [6.45, 7) is 1.16. The number of carbonyl (C=O) groups is 1. The number of carbonyl (C=O) groups excluding carboxylic acids is 1. The summed E-state index contributed by atoms with van der Waals surface area (Å²) in [7, 11) is -4.05. The molecule has 0 aliphatic heterocycles. The van der Waals surface area contributed by atoms with E-state index >= 15 is 0 Å². The van der Waals surface area contributed by atoms with E-state index in [2.05, 4.69) is 9.79 Å². The van der Waals surface area contributed by atoms with Crippen LogP contribution in [0, 0.1) is 12.1 Å². The van der Waals surface area contributed by atoms with Gasteiger partial charge in [0.05, 0.1) is 4.90 Å². The Morgan fingerprint density at radius 2 is 2.05 bits per heavy atom. The Balaban J connectivity index is 2.19. The van der Waals surface area contributed by atoms with Crippen LogP contribution in [0.25, 0.3) is 0 Å². The van der Waals surface area contributed by atoms with Crippen molar-refractivity contribution in [1.29, 1.82) is 0 Å². The van der Waals surface area contributed by atoms with Crippen LogP contribution >= 0.6 is 0 Å². The lowest BCUT2D eigenvalue weighted by Crippen LogP contribution is -2.35. The zero-order valence-electron chi connectivity index (χ0n) is 10.8. The molecule has 1 heterocycles. The van der Waals surface area contributed by atoms with Crippen LogP contribution in [0.2, 0.25) is 0 Å². The molecule has 1 aromatic carbocycles. The SMILES string of the molecule is Cc1ccc(S(=O)(=O)OCc2no[n+]([O-])c2C(N)=O)cc1. The van der Waals surface area contributed by atoms with Crippen LogP contribution in [0.5, 0.6) is 0 Å². The number of rotatable bonds is 5. The molecule has 0 saturated carbocycles. The fourth-order valence-corrected chi connectivity index (χ4v) is 2.38. The van der Waals surface area contributed by atoms with E-state index in [4.69, 9.17) is 9.92 Å². The highest BCUT2D eigenvalue weighted by Gasteiger charge is 2.27. The molecule has 2 rings (SSSR count). The second-order valence-electron chi connectivity index (χ2n) is 4.12. The summed E-state index contributed by atoms with van der Waals surface area (Å²) in [5.74, 6) is -1.10. The molecule has 0 bridgehead atoms. The monoisotopic (exact) mass is 313 g/mol. The highest BCUT2D eigenvalue weighted by molar-refractivity contribution is 7.86. The molecular weight excluding hydrogens is 302 g/mol. The van der Waals surface area contributed by atoms with Gasteiger partial charge in [-0.05, 0) is 24.0 Å². The number of nitrogens with zero attached hydrogens (tertiary/aromatic N) is 2. The zero-order chi connectivity index (χ0) is 15.6. The maximum Gasteiger partial charge on any atom is 0.297 e. The van der Waals surface area contributed by atoms with Gasteiger partial charge in [-0.25, -0.2) is 0 Å². The van der Waals surface area contributed by atoms with Crippen LogP contribution < -0.4 is 10.6 Å². The number of aromatic nitrogens is 2. The summed E-state index contributed by atoms with van der Waals surface area (Å²) in [5.41, 5.74) is 4.94. The van der Waals surface area contributed by atoms with E-state index < -0.39 is 28.3 Å². The summed E-state index contributed by atoms with van der Waals surface area (Å²) >= 11 is 0. The van der Waals surface area contributed by atoms with E-state index in [-0.39, 0.29) is 15.5 Å². The molecule has 2 aromatic rings. The third kappa shape index (κ3) is 3.17. The van der Waals surface area contributed by atoms with E-state index in [1.54, 1.807) is 19.1 Å². The van der Waals surface area contributed by atoms with Crippen molar-refractivity contribution in [2.75, 3.05) is 0 Å². The molecule has 0 radical (unpaired) electrons. The molecule has 10 heteroatoms. The number of nitrogens with two attached hydrogens (primary N) is 1. The first-order chi connectivity index (χ1) is 9.81. The third-order valence-corrected chi connectivity index (χ3v) is 3.85. The van der Waals surface area contributed by atoms with Gasteiger partial charge >= 0.3 is 0 Å². The Morgan fingerprint density at radius 3 is 2.62 bits per heavy atom. The maximum atomic E-state index is 11.9. The molecule has 9 nitrogen and oxygen atoms in total. The van der Waals surface area contributed by atoms with Gasteiger partial charge in [-0.2, -0.15) is 8.42 Å². The number of hydrogen-bond acceptors (Lipinski definition) is 7. The van der Waals surface area contributed by atoms with E-state index in [1.165, 1.54) is 12.1 Å². The van der Waals surface area contributed by atoms with Crippen molar-refractivity contribution in [2.24, 2.45) is 5.73 Å². The Bertz CT molecular complexity index is 766. The van der Waals surface area contributed by atoms with Gasteiger partial charge in [0.2, 0.25) is 0 Å². The van der Waals surface area contributed by atoms with Gasteiger partial charge < -0.3 is 10.9 Å². The maximum absolute atomic E-state index is 11.9. The molecule has 1 aromatic heterocycles. The summed E-state index contributed by atoms with van der Waals surface area (Å²) in [5, 5.41) is 14.3. The summed E-state index contributed by atoms with van der Waals surface area (Å²) in [4.78, 5) is 10.8.